The van der Waals surface area contributed by atoms with Gasteiger partial charge in [-0.05, 0) is 25.7 Å². The van der Waals surface area contributed by atoms with Gasteiger partial charge in [-0.3, -0.25) is 0 Å². The quantitative estimate of drug-likeness (QED) is 0.334. The van der Waals surface area contributed by atoms with Crippen LogP contribution >= 0.6 is 0 Å². The van der Waals surface area contributed by atoms with Gasteiger partial charge in [0.25, 0.3) is 0 Å². The summed E-state index contributed by atoms with van der Waals surface area (Å²) < 4.78 is 45.5. The molecule has 0 aliphatic rings. The van der Waals surface area contributed by atoms with Gasteiger partial charge < -0.3 is 9.90 Å². The number of hydrogen-bond donors (Lipinski definition) is 1. The molecule has 0 aromatic carbocycles. The number of rotatable bonds is 17. The first kappa shape index (κ1) is 30.5. The van der Waals surface area contributed by atoms with E-state index in [-0.39, 0.29) is 16.7 Å². The standard InChI is InChI=1S/C14H31NO4S2.C6H12O2/c1-4-5-6-7-8-9-10-11-12-13-14-15(20(2,16)17)21(3,18)19;1-2-3-4-5-6(7)8/h4-14H2,1-3H3;2-5H2,1H3,(H,7,8). The van der Waals surface area contributed by atoms with Crippen molar-refractivity contribution < 1.29 is 30.4 Å². The number of hydrogen-bond acceptors (Lipinski definition) is 6. The average molecular weight is 458 g/mol. The Kier molecular flexibility index (Phi) is 19.1. The highest BCUT2D eigenvalue weighted by molar-refractivity contribution is 7.96. The van der Waals surface area contributed by atoms with E-state index in [1.165, 1.54) is 38.5 Å². The first-order valence-electron chi connectivity index (χ1n) is 10.9. The maximum absolute atomic E-state index is 11.5. The monoisotopic (exact) mass is 457 g/mol. The summed E-state index contributed by atoms with van der Waals surface area (Å²) in [7, 11) is -7.21. The van der Waals surface area contributed by atoms with E-state index < -0.39 is 26.0 Å². The molecule has 29 heavy (non-hydrogen) atoms. The van der Waals surface area contributed by atoms with Crippen LogP contribution in [-0.2, 0) is 24.8 Å². The summed E-state index contributed by atoms with van der Waals surface area (Å²) in [5.74, 6) is -0.932. The van der Waals surface area contributed by atoms with Gasteiger partial charge in [0.2, 0.25) is 0 Å². The normalized spacial score (nSPS) is 11.9. The van der Waals surface area contributed by atoms with Crippen LogP contribution in [0, 0.1) is 0 Å². The van der Waals surface area contributed by atoms with Crippen LogP contribution in [0.5, 0.6) is 0 Å². The molecule has 0 saturated heterocycles. The SMILES string of the molecule is CCCCCC(=O)[O-].CCCCCCCCCCCC[NH+](S(C)(=O)=O)S(C)(=O)=O. The molecule has 0 heterocycles. The second-order valence-electron chi connectivity index (χ2n) is 7.68. The van der Waals surface area contributed by atoms with Crippen molar-refractivity contribution in [3.8, 4) is 0 Å². The van der Waals surface area contributed by atoms with Crippen LogP contribution < -0.4 is 8.82 Å². The largest absolute Gasteiger partial charge is 0.550 e. The van der Waals surface area contributed by atoms with Gasteiger partial charge in [0.05, 0.1) is 12.5 Å². The van der Waals surface area contributed by atoms with Crippen molar-refractivity contribution in [3.05, 3.63) is 0 Å². The summed E-state index contributed by atoms with van der Waals surface area (Å²) >= 11 is 0. The molecule has 0 atom stereocenters. The molecule has 0 unspecified atom stereocenters. The van der Waals surface area contributed by atoms with E-state index in [4.69, 9.17) is 0 Å². The van der Waals surface area contributed by atoms with Crippen molar-refractivity contribution in [2.45, 2.75) is 104 Å². The first-order chi connectivity index (χ1) is 13.5. The zero-order valence-corrected chi connectivity index (χ0v) is 20.5. The predicted molar refractivity (Wildman–Crippen MR) is 117 cm³/mol. The van der Waals surface area contributed by atoms with Gasteiger partial charge in [0, 0.05) is 5.97 Å². The van der Waals surface area contributed by atoms with Gasteiger partial charge in [0.1, 0.15) is 6.54 Å². The van der Waals surface area contributed by atoms with Crippen molar-refractivity contribution in [3.63, 3.8) is 0 Å². The van der Waals surface area contributed by atoms with Gasteiger partial charge in [-0.2, -0.15) is 16.8 Å². The maximum atomic E-state index is 11.5. The number of quaternary nitrogens is 1. The predicted octanol–water partition coefficient (Wildman–Crippen LogP) is 2.03. The molecule has 0 aromatic heterocycles. The van der Waals surface area contributed by atoms with E-state index in [2.05, 4.69) is 6.92 Å². The number of carbonyl (C=O) groups excluding carboxylic acids is 1. The van der Waals surface area contributed by atoms with Gasteiger partial charge in [-0.1, -0.05) is 78.1 Å². The molecule has 0 spiro atoms. The number of unbranched alkanes of at least 4 members (excludes halogenated alkanes) is 11. The Bertz CT molecular complexity index is 570. The Hall–Kier alpha value is -0.670. The van der Waals surface area contributed by atoms with E-state index >= 15 is 0 Å². The lowest BCUT2D eigenvalue weighted by molar-refractivity contribution is -0.618. The molecule has 0 bridgehead atoms. The van der Waals surface area contributed by atoms with E-state index in [9.17, 15) is 26.7 Å². The minimum Gasteiger partial charge on any atom is -0.550 e. The Morgan fingerprint density at radius 1 is 0.655 bits per heavy atom. The summed E-state index contributed by atoms with van der Waals surface area (Å²) in [4.78, 5) is 9.76. The third kappa shape index (κ3) is 21.8. The molecule has 0 aliphatic carbocycles. The van der Waals surface area contributed by atoms with Crippen molar-refractivity contribution in [2.75, 3.05) is 19.1 Å². The Morgan fingerprint density at radius 2 is 1.00 bits per heavy atom. The van der Waals surface area contributed by atoms with Gasteiger partial charge >= 0.3 is 20.0 Å². The second-order valence-corrected chi connectivity index (χ2v) is 12.0. The van der Waals surface area contributed by atoms with Crippen molar-refractivity contribution in [2.24, 2.45) is 0 Å². The molecule has 1 N–H and O–H groups in total. The van der Waals surface area contributed by atoms with Gasteiger partial charge in [0.15, 0.2) is 0 Å². The number of aliphatic carboxylic acids is 1. The molecule has 7 nitrogen and oxygen atoms in total. The zero-order chi connectivity index (χ0) is 22.8. The number of nitrogens with one attached hydrogen (secondary N) is 1. The lowest BCUT2D eigenvalue weighted by atomic mass is 10.1. The topological polar surface area (TPSA) is 113 Å². The number of carbonyl (C=O) groups is 1. The Morgan fingerprint density at radius 3 is 1.34 bits per heavy atom. The van der Waals surface area contributed by atoms with E-state index in [0.29, 0.717) is 6.42 Å². The molecule has 0 aliphatic heterocycles. The highest BCUT2D eigenvalue weighted by atomic mass is 32.3. The summed E-state index contributed by atoms with van der Waals surface area (Å²) in [5, 5.41) is 9.76. The molecule has 0 aromatic rings. The van der Waals surface area contributed by atoms with Gasteiger partial charge in [-0.25, -0.2) is 0 Å². The van der Waals surface area contributed by atoms with Crippen LogP contribution in [-0.4, -0.2) is 41.9 Å². The minimum absolute atomic E-state index is 0.147. The van der Waals surface area contributed by atoms with Crippen LogP contribution in [0.1, 0.15) is 104 Å². The smallest absolute Gasteiger partial charge is 0.306 e. The van der Waals surface area contributed by atoms with E-state index in [1.807, 2.05) is 6.92 Å². The van der Waals surface area contributed by atoms with Crippen molar-refractivity contribution in [1.29, 1.82) is 0 Å². The first-order valence-corrected chi connectivity index (χ1v) is 14.7. The van der Waals surface area contributed by atoms with Crippen LogP contribution in [0.2, 0.25) is 0 Å². The number of carboxylic acid groups (broad SMARTS) is 1. The Balaban J connectivity index is 0. The van der Waals surface area contributed by atoms with Crippen LogP contribution in [0.3, 0.4) is 0 Å². The molecule has 0 radical (unpaired) electrons. The zero-order valence-electron chi connectivity index (χ0n) is 18.9. The summed E-state index contributed by atoms with van der Waals surface area (Å²) in [6.45, 7) is 4.39. The fraction of sp³-hybridized carbons (Fsp3) is 0.950. The average Bonchev–Trinajstić information content (AvgIpc) is 2.58. The van der Waals surface area contributed by atoms with E-state index in [0.717, 1.165) is 51.0 Å². The molecule has 176 valence electrons. The van der Waals surface area contributed by atoms with Crippen LogP contribution in [0.25, 0.3) is 0 Å². The molecule has 9 heteroatoms. The van der Waals surface area contributed by atoms with Crippen molar-refractivity contribution >= 4 is 26.0 Å². The molecule has 0 rings (SSSR count). The molecular formula is C20H43NO6S2. The maximum Gasteiger partial charge on any atom is 0.306 e. The summed E-state index contributed by atoms with van der Waals surface area (Å²) in [6.07, 6.45) is 16.4. The molecular weight excluding hydrogens is 414 g/mol. The summed E-state index contributed by atoms with van der Waals surface area (Å²) in [5.41, 5.74) is 0. The lowest BCUT2D eigenvalue weighted by Gasteiger charge is -2.13. The summed E-state index contributed by atoms with van der Waals surface area (Å²) in [6, 6.07) is 0. The number of carboxylic acids is 1. The fourth-order valence-corrected chi connectivity index (χ4v) is 6.15. The highest BCUT2D eigenvalue weighted by Gasteiger charge is 2.29. The minimum atomic E-state index is -3.60. The van der Waals surface area contributed by atoms with Crippen molar-refractivity contribution in [1.82, 2.24) is 0 Å². The molecule has 0 saturated carbocycles. The Labute approximate surface area is 179 Å². The van der Waals surface area contributed by atoms with E-state index in [1.54, 1.807) is 0 Å². The molecule has 0 amide bonds. The third-order valence-electron chi connectivity index (χ3n) is 4.55. The number of sulfonamides is 2. The fourth-order valence-electron chi connectivity index (χ4n) is 2.92. The van der Waals surface area contributed by atoms with Gasteiger partial charge in [-0.15, -0.1) is 3.71 Å². The lowest BCUT2D eigenvalue weighted by Crippen LogP contribution is -3.15. The second kappa shape index (κ2) is 18.1. The molecule has 0 fully saturated rings. The highest BCUT2D eigenvalue weighted by Crippen LogP contribution is 2.10. The van der Waals surface area contributed by atoms with Crippen LogP contribution in [0.4, 0.5) is 0 Å². The van der Waals surface area contributed by atoms with Crippen LogP contribution in [0.15, 0.2) is 0 Å². The third-order valence-corrected chi connectivity index (χ3v) is 8.43.